The highest BCUT2D eigenvalue weighted by atomic mass is 127. The van der Waals surface area contributed by atoms with Gasteiger partial charge in [-0.05, 0) is 38.2 Å². The third-order valence-electron chi connectivity index (χ3n) is 2.95. The van der Waals surface area contributed by atoms with E-state index in [0.29, 0.717) is 0 Å². The zero-order valence-corrected chi connectivity index (χ0v) is 17.8. The summed E-state index contributed by atoms with van der Waals surface area (Å²) in [7, 11) is 0. The predicted octanol–water partition coefficient (Wildman–Crippen LogP) is 3.56. The SMILES string of the molecule is CCNC(=NCCCCSC)NCCc1ncc(CC)s1.I. The number of hydrogen-bond donors (Lipinski definition) is 2. The second-order valence-electron chi connectivity index (χ2n) is 4.71. The smallest absolute Gasteiger partial charge is 0.191 e. The summed E-state index contributed by atoms with van der Waals surface area (Å²) < 4.78 is 0. The summed E-state index contributed by atoms with van der Waals surface area (Å²) in [6.07, 6.45) is 8.57. The maximum atomic E-state index is 4.61. The van der Waals surface area contributed by atoms with Crippen molar-refractivity contribution in [1.29, 1.82) is 0 Å². The van der Waals surface area contributed by atoms with Crippen LogP contribution in [0.3, 0.4) is 0 Å². The maximum Gasteiger partial charge on any atom is 0.191 e. The predicted molar refractivity (Wildman–Crippen MR) is 112 cm³/mol. The molecular formula is C15H29IN4S2. The minimum absolute atomic E-state index is 0. The molecule has 1 heterocycles. The molecule has 1 rings (SSSR count). The molecule has 0 saturated carbocycles. The van der Waals surface area contributed by atoms with E-state index in [1.54, 1.807) is 0 Å². The highest BCUT2D eigenvalue weighted by molar-refractivity contribution is 14.0. The molecule has 0 fully saturated rings. The Morgan fingerprint density at radius 3 is 2.77 bits per heavy atom. The minimum Gasteiger partial charge on any atom is -0.357 e. The highest BCUT2D eigenvalue weighted by Crippen LogP contribution is 2.13. The van der Waals surface area contributed by atoms with Crippen molar-refractivity contribution >= 4 is 53.0 Å². The van der Waals surface area contributed by atoms with E-state index in [1.807, 2.05) is 29.3 Å². The molecule has 0 aliphatic carbocycles. The standard InChI is InChI=1S/C15H28N4S2.HI/c1-4-13-12-19-14(21-13)8-10-18-15(16-5-2)17-9-6-7-11-20-3;/h12H,4-11H2,1-3H3,(H2,16,17,18);1H. The van der Waals surface area contributed by atoms with E-state index >= 15 is 0 Å². The van der Waals surface area contributed by atoms with Crippen LogP contribution >= 0.6 is 47.1 Å². The van der Waals surface area contributed by atoms with Gasteiger partial charge in [0.25, 0.3) is 0 Å². The van der Waals surface area contributed by atoms with E-state index < -0.39 is 0 Å². The van der Waals surface area contributed by atoms with Gasteiger partial charge in [0, 0.05) is 37.1 Å². The number of halogens is 1. The van der Waals surface area contributed by atoms with Gasteiger partial charge in [-0.2, -0.15) is 11.8 Å². The van der Waals surface area contributed by atoms with Crippen LogP contribution in [0, 0.1) is 0 Å². The van der Waals surface area contributed by atoms with Crippen molar-refractivity contribution in [3.05, 3.63) is 16.1 Å². The summed E-state index contributed by atoms with van der Waals surface area (Å²) in [6.45, 7) is 6.94. The summed E-state index contributed by atoms with van der Waals surface area (Å²) in [4.78, 5) is 10.4. The van der Waals surface area contributed by atoms with Crippen LogP contribution in [0.1, 0.15) is 36.6 Å². The third kappa shape index (κ3) is 9.89. The lowest BCUT2D eigenvalue weighted by Gasteiger charge is -2.10. The van der Waals surface area contributed by atoms with Gasteiger partial charge in [-0.15, -0.1) is 35.3 Å². The second kappa shape index (κ2) is 14.6. The topological polar surface area (TPSA) is 49.3 Å². The average molecular weight is 456 g/mol. The summed E-state index contributed by atoms with van der Waals surface area (Å²) in [5, 5.41) is 7.88. The Morgan fingerprint density at radius 2 is 2.14 bits per heavy atom. The van der Waals surface area contributed by atoms with Crippen molar-refractivity contribution in [2.75, 3.05) is 31.6 Å². The molecule has 0 spiro atoms. The molecule has 1 aromatic rings. The van der Waals surface area contributed by atoms with Crippen LogP contribution in [0.15, 0.2) is 11.2 Å². The molecule has 128 valence electrons. The first-order valence-electron chi connectivity index (χ1n) is 7.74. The van der Waals surface area contributed by atoms with Crippen molar-refractivity contribution < 1.29 is 0 Å². The fourth-order valence-electron chi connectivity index (χ4n) is 1.81. The first kappa shape index (κ1) is 22.0. The Balaban J connectivity index is 0.00000441. The summed E-state index contributed by atoms with van der Waals surface area (Å²) in [6, 6.07) is 0. The minimum atomic E-state index is 0. The Kier molecular flexibility index (Phi) is 14.6. The molecule has 0 aliphatic heterocycles. The van der Waals surface area contributed by atoms with Crippen molar-refractivity contribution in [3.8, 4) is 0 Å². The average Bonchev–Trinajstić information content (AvgIpc) is 2.95. The molecule has 0 atom stereocenters. The van der Waals surface area contributed by atoms with Gasteiger partial charge in [0.2, 0.25) is 0 Å². The van der Waals surface area contributed by atoms with Crippen LogP contribution in [-0.2, 0) is 12.8 Å². The molecule has 0 radical (unpaired) electrons. The normalized spacial score (nSPS) is 11.1. The lowest BCUT2D eigenvalue weighted by atomic mass is 10.3. The summed E-state index contributed by atoms with van der Waals surface area (Å²) in [5.74, 6) is 2.15. The number of thiazole rings is 1. The van der Waals surface area contributed by atoms with Crippen LogP contribution in [0.2, 0.25) is 0 Å². The molecule has 2 N–H and O–H groups in total. The third-order valence-corrected chi connectivity index (χ3v) is 4.85. The molecule has 1 aromatic heterocycles. The molecule has 0 bridgehead atoms. The van der Waals surface area contributed by atoms with Gasteiger partial charge in [-0.1, -0.05) is 6.92 Å². The van der Waals surface area contributed by atoms with Gasteiger partial charge < -0.3 is 10.6 Å². The number of aliphatic imine (C=N–C) groups is 1. The Morgan fingerprint density at radius 1 is 1.32 bits per heavy atom. The zero-order valence-electron chi connectivity index (χ0n) is 13.9. The Bertz CT molecular complexity index is 410. The number of guanidine groups is 1. The van der Waals surface area contributed by atoms with E-state index in [9.17, 15) is 0 Å². The lowest BCUT2D eigenvalue weighted by Crippen LogP contribution is -2.38. The number of hydrogen-bond acceptors (Lipinski definition) is 4. The van der Waals surface area contributed by atoms with E-state index in [4.69, 9.17) is 0 Å². The van der Waals surface area contributed by atoms with Crippen molar-refractivity contribution in [1.82, 2.24) is 15.6 Å². The molecule has 0 aliphatic rings. The first-order valence-corrected chi connectivity index (χ1v) is 9.95. The van der Waals surface area contributed by atoms with Crippen molar-refractivity contribution in [2.45, 2.75) is 39.5 Å². The zero-order chi connectivity index (χ0) is 15.3. The van der Waals surface area contributed by atoms with Gasteiger partial charge in [-0.25, -0.2) is 4.98 Å². The summed E-state index contributed by atoms with van der Waals surface area (Å²) in [5.41, 5.74) is 0. The van der Waals surface area contributed by atoms with E-state index in [0.717, 1.165) is 44.9 Å². The molecule has 4 nitrogen and oxygen atoms in total. The van der Waals surface area contributed by atoms with Crippen LogP contribution in [0.25, 0.3) is 0 Å². The summed E-state index contributed by atoms with van der Waals surface area (Å²) >= 11 is 3.71. The van der Waals surface area contributed by atoms with Crippen molar-refractivity contribution in [3.63, 3.8) is 0 Å². The van der Waals surface area contributed by atoms with E-state index in [2.05, 4.69) is 40.7 Å². The van der Waals surface area contributed by atoms with Gasteiger partial charge in [0.15, 0.2) is 5.96 Å². The van der Waals surface area contributed by atoms with Gasteiger partial charge in [-0.3, -0.25) is 4.99 Å². The molecule has 0 saturated heterocycles. The monoisotopic (exact) mass is 456 g/mol. The first-order chi connectivity index (χ1) is 10.3. The lowest BCUT2D eigenvalue weighted by molar-refractivity contribution is 0.769. The van der Waals surface area contributed by atoms with Crippen LogP contribution in [0.5, 0.6) is 0 Å². The van der Waals surface area contributed by atoms with Crippen LogP contribution in [0.4, 0.5) is 0 Å². The molecule has 7 heteroatoms. The number of nitrogens with one attached hydrogen (secondary N) is 2. The van der Waals surface area contributed by atoms with Gasteiger partial charge in [0.05, 0.1) is 5.01 Å². The van der Waals surface area contributed by atoms with Crippen LogP contribution in [-0.4, -0.2) is 42.6 Å². The quantitative estimate of drug-likeness (QED) is 0.245. The number of rotatable bonds is 10. The number of unbranched alkanes of at least 4 members (excludes halogenated alkanes) is 1. The van der Waals surface area contributed by atoms with Crippen LogP contribution < -0.4 is 10.6 Å². The van der Waals surface area contributed by atoms with E-state index in [-0.39, 0.29) is 24.0 Å². The Labute approximate surface area is 160 Å². The number of aryl methyl sites for hydroxylation is 1. The van der Waals surface area contributed by atoms with E-state index in [1.165, 1.54) is 22.1 Å². The van der Waals surface area contributed by atoms with Gasteiger partial charge >= 0.3 is 0 Å². The van der Waals surface area contributed by atoms with Gasteiger partial charge in [0.1, 0.15) is 0 Å². The number of thioether (sulfide) groups is 1. The number of aromatic nitrogens is 1. The maximum absolute atomic E-state index is 4.61. The molecule has 0 aromatic carbocycles. The molecular weight excluding hydrogens is 427 g/mol. The fourth-order valence-corrected chi connectivity index (χ4v) is 3.16. The largest absolute Gasteiger partial charge is 0.357 e. The second-order valence-corrected chi connectivity index (χ2v) is 6.90. The molecule has 22 heavy (non-hydrogen) atoms. The van der Waals surface area contributed by atoms with Crippen molar-refractivity contribution in [2.24, 2.45) is 4.99 Å². The molecule has 0 unspecified atom stereocenters. The fraction of sp³-hybridized carbons (Fsp3) is 0.733. The highest BCUT2D eigenvalue weighted by Gasteiger charge is 2.01. The Hall–Kier alpha value is -0.0200. The number of nitrogens with zero attached hydrogens (tertiary/aromatic N) is 2. The molecule has 0 amide bonds.